The summed E-state index contributed by atoms with van der Waals surface area (Å²) in [5, 5.41) is 10.9. The van der Waals surface area contributed by atoms with Crippen molar-refractivity contribution in [3.05, 3.63) is 29.8 Å². The Bertz CT molecular complexity index is 657. The maximum absolute atomic E-state index is 12.6. The molecule has 1 saturated heterocycles. The van der Waals surface area contributed by atoms with E-state index in [2.05, 4.69) is 0 Å². The second kappa shape index (κ2) is 5.30. The highest BCUT2D eigenvalue weighted by molar-refractivity contribution is 7.89. The van der Waals surface area contributed by atoms with Crippen LogP contribution >= 0.6 is 0 Å². The van der Waals surface area contributed by atoms with Crippen molar-refractivity contribution in [1.82, 2.24) is 4.31 Å². The second-order valence-electron chi connectivity index (χ2n) is 4.62. The smallest absolute Gasteiger partial charge is 0.416 e. The predicted octanol–water partition coefficient (Wildman–Crippen LogP) is 0.608. The van der Waals surface area contributed by atoms with Crippen molar-refractivity contribution in [3.8, 4) is 0 Å². The van der Waals surface area contributed by atoms with Gasteiger partial charge in [0, 0.05) is 6.54 Å². The number of hydrogen-bond donors (Lipinski definition) is 0. The van der Waals surface area contributed by atoms with Gasteiger partial charge in [0.1, 0.15) is 0 Å². The Labute approximate surface area is 119 Å². The number of rotatable bonds is 3. The fourth-order valence-electron chi connectivity index (χ4n) is 2.23. The van der Waals surface area contributed by atoms with E-state index in [1.54, 1.807) is 0 Å². The number of hydrogen-bond acceptors (Lipinski definition) is 4. The molecule has 0 radical (unpaired) electrons. The summed E-state index contributed by atoms with van der Waals surface area (Å²) < 4.78 is 63.1. The summed E-state index contributed by atoms with van der Waals surface area (Å²) in [6.45, 7) is -0.0583. The molecule has 1 aliphatic rings. The first kappa shape index (κ1) is 15.8. The Hall–Kier alpha value is -1.61. The number of benzene rings is 1. The summed E-state index contributed by atoms with van der Waals surface area (Å²) in [6, 6.07) is 1.89. The van der Waals surface area contributed by atoms with Gasteiger partial charge < -0.3 is 9.90 Å². The fourth-order valence-corrected chi connectivity index (χ4v) is 3.92. The molecule has 5 nitrogen and oxygen atoms in total. The highest BCUT2D eigenvalue weighted by Gasteiger charge is 2.37. The lowest BCUT2D eigenvalue weighted by atomic mass is 10.2. The molecule has 9 heteroatoms. The normalized spacial score (nSPS) is 20.6. The molecule has 1 atom stereocenters. The average molecular weight is 322 g/mol. The van der Waals surface area contributed by atoms with Crippen molar-refractivity contribution in [2.24, 2.45) is 0 Å². The number of carboxylic acid groups (broad SMARTS) is 1. The summed E-state index contributed by atoms with van der Waals surface area (Å²) in [7, 11) is -4.30. The molecule has 0 unspecified atom stereocenters. The highest BCUT2D eigenvalue weighted by Crippen LogP contribution is 2.32. The Morgan fingerprint density at radius 1 is 1.33 bits per heavy atom. The number of carbonyl (C=O) groups excluding carboxylic acids is 1. The quantitative estimate of drug-likeness (QED) is 0.817. The molecular formula is C12H11F3NO4S-. The van der Waals surface area contributed by atoms with Crippen LogP contribution in [0.2, 0.25) is 0 Å². The highest BCUT2D eigenvalue weighted by atomic mass is 32.2. The van der Waals surface area contributed by atoms with Crippen LogP contribution in [0.5, 0.6) is 0 Å². The van der Waals surface area contributed by atoms with Crippen molar-refractivity contribution in [3.63, 3.8) is 0 Å². The number of carboxylic acids is 1. The molecule has 116 valence electrons. The monoisotopic (exact) mass is 322 g/mol. The molecule has 0 aliphatic carbocycles. The maximum Gasteiger partial charge on any atom is 0.416 e. The van der Waals surface area contributed by atoms with E-state index in [4.69, 9.17) is 0 Å². The van der Waals surface area contributed by atoms with Gasteiger partial charge in [-0.2, -0.15) is 17.5 Å². The van der Waals surface area contributed by atoms with Crippen LogP contribution in [0.4, 0.5) is 13.2 Å². The number of carbonyl (C=O) groups is 1. The largest absolute Gasteiger partial charge is 0.548 e. The molecule has 1 fully saturated rings. The average Bonchev–Trinajstić information content (AvgIpc) is 2.88. The molecule has 21 heavy (non-hydrogen) atoms. The van der Waals surface area contributed by atoms with Crippen molar-refractivity contribution >= 4 is 16.0 Å². The third-order valence-corrected chi connectivity index (χ3v) is 5.15. The van der Waals surface area contributed by atoms with E-state index in [0.717, 1.165) is 18.2 Å². The number of aliphatic carboxylic acids is 1. The van der Waals surface area contributed by atoms with Crippen LogP contribution in [0, 0.1) is 0 Å². The molecule has 1 aromatic carbocycles. The Balaban J connectivity index is 2.43. The van der Waals surface area contributed by atoms with E-state index in [1.807, 2.05) is 0 Å². The maximum atomic E-state index is 12.6. The summed E-state index contributed by atoms with van der Waals surface area (Å²) >= 11 is 0. The zero-order valence-corrected chi connectivity index (χ0v) is 11.4. The van der Waals surface area contributed by atoms with Gasteiger partial charge in [-0.15, -0.1) is 0 Å². The number of halogens is 3. The van der Waals surface area contributed by atoms with Crippen LogP contribution in [0.15, 0.2) is 29.2 Å². The van der Waals surface area contributed by atoms with Gasteiger partial charge in [0.2, 0.25) is 10.0 Å². The third-order valence-electron chi connectivity index (χ3n) is 3.24. The van der Waals surface area contributed by atoms with Gasteiger partial charge in [0.15, 0.2) is 0 Å². The third kappa shape index (κ3) is 3.03. The molecule has 0 amide bonds. The Morgan fingerprint density at radius 3 is 2.57 bits per heavy atom. The van der Waals surface area contributed by atoms with Crippen LogP contribution in [0.1, 0.15) is 18.4 Å². The molecule has 1 aliphatic heterocycles. The first-order valence-corrected chi connectivity index (χ1v) is 7.48. The zero-order chi connectivity index (χ0) is 15.8. The van der Waals surface area contributed by atoms with Gasteiger partial charge in [-0.25, -0.2) is 8.42 Å². The first-order chi connectivity index (χ1) is 9.64. The van der Waals surface area contributed by atoms with Crippen LogP contribution in [0.25, 0.3) is 0 Å². The molecule has 1 aromatic rings. The number of sulfonamides is 1. The lowest BCUT2D eigenvalue weighted by Crippen LogP contribution is -2.46. The van der Waals surface area contributed by atoms with E-state index >= 15 is 0 Å². The molecule has 0 saturated carbocycles. The molecule has 0 N–H and O–H groups in total. The number of nitrogens with zero attached hydrogens (tertiary/aromatic N) is 1. The number of alkyl halides is 3. The molecule has 0 bridgehead atoms. The molecule has 0 spiro atoms. The van der Waals surface area contributed by atoms with Crippen molar-refractivity contribution in [2.75, 3.05) is 6.54 Å². The SMILES string of the molecule is O=C([O-])[C@H]1CCCN1S(=O)(=O)c1cccc(C(F)(F)F)c1. The van der Waals surface area contributed by atoms with Gasteiger partial charge in [0.05, 0.1) is 22.5 Å². The van der Waals surface area contributed by atoms with Crippen LogP contribution in [-0.4, -0.2) is 31.3 Å². The fraction of sp³-hybridized carbons (Fsp3) is 0.417. The van der Waals surface area contributed by atoms with E-state index in [0.29, 0.717) is 16.8 Å². The minimum absolute atomic E-state index is 0.0583. The Kier molecular flexibility index (Phi) is 3.98. The molecule has 2 rings (SSSR count). The lowest BCUT2D eigenvalue weighted by Gasteiger charge is -2.24. The van der Waals surface area contributed by atoms with Gasteiger partial charge >= 0.3 is 6.18 Å². The second-order valence-corrected chi connectivity index (χ2v) is 6.51. The summed E-state index contributed by atoms with van der Waals surface area (Å²) in [5.74, 6) is -1.55. The molecule has 0 aromatic heterocycles. The molecular weight excluding hydrogens is 311 g/mol. The van der Waals surface area contributed by atoms with Gasteiger partial charge in [-0.1, -0.05) is 6.07 Å². The minimum atomic E-state index is -4.68. The van der Waals surface area contributed by atoms with E-state index in [-0.39, 0.29) is 13.0 Å². The van der Waals surface area contributed by atoms with E-state index in [9.17, 15) is 31.5 Å². The first-order valence-electron chi connectivity index (χ1n) is 6.04. The van der Waals surface area contributed by atoms with Gasteiger partial charge in [0.25, 0.3) is 0 Å². The Morgan fingerprint density at radius 2 is 2.00 bits per heavy atom. The van der Waals surface area contributed by atoms with Gasteiger partial charge in [-0.3, -0.25) is 0 Å². The van der Waals surface area contributed by atoms with Crippen molar-refractivity contribution < 1.29 is 31.5 Å². The minimum Gasteiger partial charge on any atom is -0.548 e. The van der Waals surface area contributed by atoms with Crippen molar-refractivity contribution in [1.29, 1.82) is 0 Å². The predicted molar refractivity (Wildman–Crippen MR) is 63.4 cm³/mol. The zero-order valence-electron chi connectivity index (χ0n) is 10.6. The van der Waals surface area contributed by atoms with Crippen molar-refractivity contribution in [2.45, 2.75) is 30.0 Å². The lowest BCUT2D eigenvalue weighted by molar-refractivity contribution is -0.309. The van der Waals surface area contributed by atoms with E-state index in [1.165, 1.54) is 0 Å². The van der Waals surface area contributed by atoms with Crippen LogP contribution < -0.4 is 5.11 Å². The summed E-state index contributed by atoms with van der Waals surface area (Å²) in [4.78, 5) is 10.3. The standard InChI is InChI=1S/C12H12F3NO4S/c13-12(14,15)8-3-1-4-9(7-8)21(19,20)16-6-2-5-10(16)11(17)18/h1,3-4,7,10H,2,5-6H2,(H,17,18)/p-1/t10-/m1/s1. The van der Waals surface area contributed by atoms with Crippen LogP contribution in [-0.2, 0) is 21.0 Å². The summed E-state index contributed by atoms with van der Waals surface area (Å²) in [6.07, 6.45) is -4.28. The summed E-state index contributed by atoms with van der Waals surface area (Å²) in [5.41, 5.74) is -1.10. The van der Waals surface area contributed by atoms with Crippen LogP contribution in [0.3, 0.4) is 0 Å². The van der Waals surface area contributed by atoms with E-state index < -0.39 is 38.7 Å². The topological polar surface area (TPSA) is 77.5 Å². The van der Waals surface area contributed by atoms with Gasteiger partial charge in [-0.05, 0) is 31.0 Å². The molecule has 1 heterocycles.